The maximum absolute atomic E-state index is 6.66. The highest BCUT2D eigenvalue weighted by atomic mass is 16.7. The van der Waals surface area contributed by atoms with E-state index < -0.39 is 23.7 Å². The fraction of sp³-hybridized carbons (Fsp3) is 0.184. The van der Waals surface area contributed by atoms with E-state index in [-0.39, 0.29) is 0 Å². The van der Waals surface area contributed by atoms with Gasteiger partial charge in [0.1, 0.15) is 5.52 Å². The number of hydrogen-bond donors (Lipinski definition) is 0. The molecule has 1 aliphatic heterocycles. The summed E-state index contributed by atoms with van der Waals surface area (Å²) in [7, 11) is -0.518. The van der Waals surface area contributed by atoms with E-state index in [9.17, 15) is 0 Å². The summed E-state index contributed by atoms with van der Waals surface area (Å²) in [6, 6.07) is 40.1. The van der Waals surface area contributed by atoms with Crippen LogP contribution in [-0.4, -0.2) is 33.3 Å². The number of benzene rings is 4. The van der Waals surface area contributed by atoms with Gasteiger partial charge in [0.25, 0.3) is 0 Å². The molecule has 4 aromatic carbocycles. The van der Waals surface area contributed by atoms with Crippen LogP contribution in [-0.2, 0) is 14.7 Å². The Labute approximate surface area is 258 Å². The van der Waals surface area contributed by atoms with Gasteiger partial charge < -0.3 is 9.31 Å². The predicted octanol–water partition coefficient (Wildman–Crippen LogP) is 7.35. The smallest absolute Gasteiger partial charge is 0.399 e. The highest BCUT2D eigenvalue weighted by molar-refractivity contribution is 6.64. The molecule has 0 bridgehead atoms. The maximum atomic E-state index is 6.66. The molecule has 5 nitrogen and oxygen atoms in total. The van der Waals surface area contributed by atoms with Crippen LogP contribution in [0.25, 0.3) is 33.5 Å². The molecule has 214 valence electrons. The molecule has 1 saturated heterocycles. The first kappa shape index (κ1) is 26.9. The van der Waals surface area contributed by atoms with Gasteiger partial charge in [0.2, 0.25) is 0 Å². The Balaban J connectivity index is 1.51. The van der Waals surface area contributed by atoms with Gasteiger partial charge in [0.15, 0.2) is 5.65 Å². The average Bonchev–Trinajstić information content (AvgIpc) is 3.47. The summed E-state index contributed by atoms with van der Waals surface area (Å²) in [5.74, 6) is 0. The van der Waals surface area contributed by atoms with Crippen molar-refractivity contribution in [1.82, 2.24) is 15.0 Å². The third-order valence-electron chi connectivity index (χ3n) is 9.66. The highest BCUT2D eigenvalue weighted by Gasteiger charge is 2.55. The SMILES string of the molecule is CC1(C)OB(c2cccc3c2-c2ccccc2C3(c2ccccc2)c2nc3cccnc3nc2-c2ccccc2)OC1(C)C. The number of pyridine rings is 1. The Morgan fingerprint density at radius 3 is 2.02 bits per heavy atom. The molecule has 0 saturated carbocycles. The molecule has 0 amide bonds. The fourth-order valence-corrected chi connectivity index (χ4v) is 6.87. The lowest BCUT2D eigenvalue weighted by Crippen LogP contribution is -2.41. The zero-order valence-corrected chi connectivity index (χ0v) is 25.3. The predicted molar refractivity (Wildman–Crippen MR) is 176 cm³/mol. The zero-order chi connectivity index (χ0) is 30.1. The average molecular weight is 574 g/mol. The normalized spacial score (nSPS) is 19.6. The van der Waals surface area contributed by atoms with Crippen LogP contribution in [0.1, 0.15) is 50.1 Å². The molecule has 1 unspecified atom stereocenters. The van der Waals surface area contributed by atoms with Crippen LogP contribution in [0.2, 0.25) is 0 Å². The summed E-state index contributed by atoms with van der Waals surface area (Å²) in [5, 5.41) is 0. The highest BCUT2D eigenvalue weighted by Crippen LogP contribution is 2.57. The summed E-state index contributed by atoms with van der Waals surface area (Å²) >= 11 is 0. The Bertz CT molecular complexity index is 2030. The first-order valence-electron chi connectivity index (χ1n) is 15.1. The van der Waals surface area contributed by atoms with Crippen molar-refractivity contribution < 1.29 is 9.31 Å². The molecule has 6 aromatic rings. The second-order valence-corrected chi connectivity index (χ2v) is 12.7. The van der Waals surface area contributed by atoms with Gasteiger partial charge in [-0.05, 0) is 73.1 Å². The lowest BCUT2D eigenvalue weighted by molar-refractivity contribution is 0.00578. The van der Waals surface area contributed by atoms with Crippen LogP contribution in [0.3, 0.4) is 0 Å². The molecule has 8 rings (SSSR count). The van der Waals surface area contributed by atoms with E-state index in [1.54, 1.807) is 6.20 Å². The topological polar surface area (TPSA) is 57.1 Å². The first-order chi connectivity index (χ1) is 21.3. The molecular weight excluding hydrogens is 541 g/mol. The Morgan fingerprint density at radius 1 is 0.614 bits per heavy atom. The molecule has 2 aliphatic rings. The summed E-state index contributed by atoms with van der Waals surface area (Å²) in [5.41, 5.74) is 9.03. The summed E-state index contributed by atoms with van der Waals surface area (Å²) in [4.78, 5) is 15.3. The van der Waals surface area contributed by atoms with Gasteiger partial charge in [0, 0.05) is 11.8 Å². The largest absolute Gasteiger partial charge is 0.495 e. The van der Waals surface area contributed by atoms with Crippen molar-refractivity contribution in [3.05, 3.63) is 144 Å². The number of nitrogens with zero attached hydrogens (tertiary/aromatic N) is 3. The van der Waals surface area contributed by atoms with Gasteiger partial charge in [-0.1, -0.05) is 103 Å². The Morgan fingerprint density at radius 2 is 1.27 bits per heavy atom. The van der Waals surface area contributed by atoms with Crippen LogP contribution < -0.4 is 5.46 Å². The summed E-state index contributed by atoms with van der Waals surface area (Å²) in [6.45, 7) is 8.40. The molecule has 3 heterocycles. The zero-order valence-electron chi connectivity index (χ0n) is 25.3. The molecule has 1 atom stereocenters. The van der Waals surface area contributed by atoms with Crippen molar-refractivity contribution in [3.63, 3.8) is 0 Å². The number of hydrogen-bond acceptors (Lipinski definition) is 5. The van der Waals surface area contributed by atoms with E-state index in [4.69, 9.17) is 19.3 Å². The van der Waals surface area contributed by atoms with Gasteiger partial charge in [-0.3, -0.25) is 0 Å². The van der Waals surface area contributed by atoms with Gasteiger partial charge in [-0.15, -0.1) is 0 Å². The summed E-state index contributed by atoms with van der Waals surface area (Å²) < 4.78 is 13.3. The second kappa shape index (κ2) is 9.68. The maximum Gasteiger partial charge on any atom is 0.495 e. The summed E-state index contributed by atoms with van der Waals surface area (Å²) in [6.07, 6.45) is 1.77. The molecule has 1 aliphatic carbocycles. The number of rotatable bonds is 4. The number of aromatic nitrogens is 3. The van der Waals surface area contributed by atoms with Crippen LogP contribution >= 0.6 is 0 Å². The van der Waals surface area contributed by atoms with Crippen LogP contribution in [0.4, 0.5) is 0 Å². The number of fused-ring (bicyclic) bond motifs is 4. The fourth-order valence-electron chi connectivity index (χ4n) is 6.87. The van der Waals surface area contributed by atoms with Crippen molar-refractivity contribution in [3.8, 4) is 22.4 Å². The van der Waals surface area contributed by atoms with Crippen molar-refractivity contribution in [1.29, 1.82) is 0 Å². The van der Waals surface area contributed by atoms with E-state index in [0.717, 1.165) is 55.7 Å². The third-order valence-corrected chi connectivity index (χ3v) is 9.66. The molecule has 0 N–H and O–H groups in total. The lowest BCUT2D eigenvalue weighted by atomic mass is 9.67. The third kappa shape index (κ3) is 3.78. The van der Waals surface area contributed by atoms with E-state index >= 15 is 0 Å². The minimum absolute atomic E-state index is 0.466. The standard InChI is InChI=1S/C38H32BN3O2/c1-36(2)37(3,4)44-39(43-36)30-22-13-21-29-32(30)27-19-11-12-20-28(27)38(29,26-17-9-6-10-18-26)34-33(25-15-7-5-8-16-25)42-35-31(41-34)23-14-24-40-35/h5-24H,1-4H3. The van der Waals surface area contributed by atoms with Crippen LogP contribution in [0.15, 0.2) is 121 Å². The van der Waals surface area contributed by atoms with Gasteiger partial charge in [0.05, 0.1) is 28.0 Å². The minimum Gasteiger partial charge on any atom is -0.399 e. The van der Waals surface area contributed by atoms with E-state index in [0.29, 0.717) is 5.65 Å². The van der Waals surface area contributed by atoms with E-state index in [2.05, 4.69) is 118 Å². The van der Waals surface area contributed by atoms with Crippen molar-refractivity contribution in [2.75, 3.05) is 0 Å². The monoisotopic (exact) mass is 573 g/mol. The van der Waals surface area contributed by atoms with Gasteiger partial charge >= 0.3 is 7.12 Å². The van der Waals surface area contributed by atoms with Gasteiger partial charge in [-0.25, -0.2) is 15.0 Å². The van der Waals surface area contributed by atoms with E-state index in [1.807, 2.05) is 30.3 Å². The van der Waals surface area contributed by atoms with Crippen molar-refractivity contribution in [2.24, 2.45) is 0 Å². The first-order valence-corrected chi connectivity index (χ1v) is 15.1. The molecule has 1 fully saturated rings. The molecule has 0 radical (unpaired) electrons. The van der Waals surface area contributed by atoms with Crippen molar-refractivity contribution in [2.45, 2.75) is 44.3 Å². The molecular formula is C38H32BN3O2. The Hall–Kier alpha value is -4.65. The van der Waals surface area contributed by atoms with E-state index in [1.165, 1.54) is 0 Å². The Kier molecular flexibility index (Phi) is 5.93. The second-order valence-electron chi connectivity index (χ2n) is 12.7. The van der Waals surface area contributed by atoms with Crippen LogP contribution in [0.5, 0.6) is 0 Å². The quantitative estimate of drug-likeness (QED) is 0.206. The molecule has 44 heavy (non-hydrogen) atoms. The van der Waals surface area contributed by atoms with Crippen molar-refractivity contribution >= 4 is 23.7 Å². The molecule has 6 heteroatoms. The lowest BCUT2D eigenvalue weighted by Gasteiger charge is -2.34. The molecule has 2 aromatic heterocycles. The molecule has 0 spiro atoms. The van der Waals surface area contributed by atoms with Gasteiger partial charge in [-0.2, -0.15) is 0 Å². The van der Waals surface area contributed by atoms with Crippen LogP contribution in [0, 0.1) is 0 Å². The minimum atomic E-state index is -0.769.